The van der Waals surface area contributed by atoms with E-state index in [0.29, 0.717) is 6.61 Å². The van der Waals surface area contributed by atoms with E-state index in [2.05, 4.69) is 31.1 Å². The van der Waals surface area contributed by atoms with Crippen molar-refractivity contribution < 1.29 is 9.53 Å². The fraction of sp³-hybridized carbons (Fsp3) is 0.765. The lowest BCUT2D eigenvalue weighted by Crippen LogP contribution is -2.42. The van der Waals surface area contributed by atoms with Crippen LogP contribution in [0.4, 0.5) is 0 Å². The van der Waals surface area contributed by atoms with Gasteiger partial charge in [0.05, 0.1) is 24.3 Å². The van der Waals surface area contributed by atoms with Gasteiger partial charge in [-0.2, -0.15) is 0 Å². The first-order valence-corrected chi connectivity index (χ1v) is 9.19. The lowest BCUT2D eigenvalue weighted by atomic mass is 9.93. The number of piperidine rings is 1. The smallest absolute Gasteiger partial charge is 0.228 e. The molecule has 2 aliphatic rings. The van der Waals surface area contributed by atoms with E-state index in [-0.39, 0.29) is 23.3 Å². The molecule has 1 amide bonds. The van der Waals surface area contributed by atoms with Gasteiger partial charge < -0.3 is 9.64 Å². The van der Waals surface area contributed by atoms with Gasteiger partial charge in [-0.25, -0.2) is 4.98 Å². The first-order valence-electron chi connectivity index (χ1n) is 8.31. The maximum absolute atomic E-state index is 12.8. The van der Waals surface area contributed by atoms with Gasteiger partial charge in [0.25, 0.3) is 0 Å². The second-order valence-corrected chi connectivity index (χ2v) is 8.31. The van der Waals surface area contributed by atoms with E-state index < -0.39 is 0 Å². The highest BCUT2D eigenvalue weighted by Crippen LogP contribution is 2.36. The van der Waals surface area contributed by atoms with Gasteiger partial charge in [-0.3, -0.25) is 4.79 Å². The van der Waals surface area contributed by atoms with E-state index in [0.717, 1.165) is 43.1 Å². The third-order valence-corrected chi connectivity index (χ3v) is 5.59. The Labute approximate surface area is 136 Å². The number of likely N-dealkylation sites (tertiary alicyclic amines) is 1. The second-order valence-electron chi connectivity index (χ2n) is 7.42. The van der Waals surface area contributed by atoms with Crippen LogP contribution in [0, 0.1) is 5.92 Å². The van der Waals surface area contributed by atoms with Gasteiger partial charge in [-0.1, -0.05) is 20.8 Å². The Bertz CT molecular complexity index is 529. The zero-order valence-electron chi connectivity index (χ0n) is 13.8. The van der Waals surface area contributed by atoms with Crippen LogP contribution in [0.1, 0.15) is 63.2 Å². The van der Waals surface area contributed by atoms with Crippen LogP contribution < -0.4 is 0 Å². The van der Waals surface area contributed by atoms with Crippen LogP contribution >= 0.6 is 11.3 Å². The summed E-state index contributed by atoms with van der Waals surface area (Å²) < 4.78 is 5.40. The Morgan fingerprint density at radius 1 is 1.36 bits per heavy atom. The summed E-state index contributed by atoms with van der Waals surface area (Å²) in [6.45, 7) is 8.74. The number of amides is 1. The number of carbonyl (C=O) groups excluding carboxylic acids is 1. The van der Waals surface area contributed by atoms with Crippen LogP contribution in [-0.2, 0) is 14.9 Å². The summed E-state index contributed by atoms with van der Waals surface area (Å²) in [5.74, 6) is 0.331. The molecule has 22 heavy (non-hydrogen) atoms. The molecule has 2 aliphatic heterocycles. The Morgan fingerprint density at radius 2 is 2.18 bits per heavy atom. The van der Waals surface area contributed by atoms with Gasteiger partial charge in [-0.05, 0) is 25.7 Å². The van der Waals surface area contributed by atoms with E-state index in [4.69, 9.17) is 9.72 Å². The zero-order chi connectivity index (χ0) is 15.7. The average Bonchev–Trinajstić information content (AvgIpc) is 3.17. The molecule has 2 atom stereocenters. The van der Waals surface area contributed by atoms with Crippen molar-refractivity contribution in [2.45, 2.75) is 57.9 Å². The average molecular weight is 322 g/mol. The van der Waals surface area contributed by atoms with Crippen LogP contribution in [0.2, 0.25) is 0 Å². The summed E-state index contributed by atoms with van der Waals surface area (Å²) in [6, 6.07) is 0.169. The molecule has 2 saturated heterocycles. The van der Waals surface area contributed by atoms with E-state index >= 15 is 0 Å². The number of ether oxygens (including phenoxy) is 1. The Kier molecular flexibility index (Phi) is 4.55. The molecule has 0 saturated carbocycles. The maximum atomic E-state index is 12.8. The van der Waals surface area contributed by atoms with Crippen molar-refractivity contribution in [3.63, 3.8) is 0 Å². The number of hydrogen-bond acceptors (Lipinski definition) is 4. The first kappa shape index (κ1) is 15.9. The summed E-state index contributed by atoms with van der Waals surface area (Å²) in [7, 11) is 0. The quantitative estimate of drug-likeness (QED) is 0.836. The Morgan fingerprint density at radius 3 is 2.82 bits per heavy atom. The van der Waals surface area contributed by atoms with Crippen molar-refractivity contribution in [1.82, 2.24) is 9.88 Å². The van der Waals surface area contributed by atoms with Gasteiger partial charge >= 0.3 is 0 Å². The molecule has 0 bridgehead atoms. The summed E-state index contributed by atoms with van der Waals surface area (Å²) in [6.07, 6.45) is 4.19. The number of nitrogens with zero attached hydrogens (tertiary/aromatic N) is 2. The third kappa shape index (κ3) is 3.20. The van der Waals surface area contributed by atoms with Crippen molar-refractivity contribution >= 4 is 17.2 Å². The number of carbonyl (C=O) groups is 1. The maximum Gasteiger partial charge on any atom is 0.228 e. The van der Waals surface area contributed by atoms with Gasteiger partial charge in [0.2, 0.25) is 5.91 Å². The van der Waals surface area contributed by atoms with E-state index in [1.165, 1.54) is 6.42 Å². The number of rotatable bonds is 2. The van der Waals surface area contributed by atoms with Crippen molar-refractivity contribution in [2.75, 3.05) is 19.8 Å². The molecular weight excluding hydrogens is 296 g/mol. The van der Waals surface area contributed by atoms with E-state index in [1.807, 2.05) is 0 Å². The molecule has 2 unspecified atom stereocenters. The van der Waals surface area contributed by atoms with Gasteiger partial charge in [0, 0.05) is 23.9 Å². The Balaban J connectivity index is 1.80. The van der Waals surface area contributed by atoms with E-state index in [1.54, 1.807) is 11.3 Å². The fourth-order valence-electron chi connectivity index (χ4n) is 3.20. The van der Waals surface area contributed by atoms with Gasteiger partial charge in [-0.15, -0.1) is 11.3 Å². The summed E-state index contributed by atoms with van der Waals surface area (Å²) in [4.78, 5) is 19.7. The third-order valence-electron chi connectivity index (χ3n) is 4.64. The highest BCUT2D eigenvalue weighted by atomic mass is 32.1. The fourth-order valence-corrected chi connectivity index (χ4v) is 4.39. The topological polar surface area (TPSA) is 42.4 Å². The predicted molar refractivity (Wildman–Crippen MR) is 88.0 cm³/mol. The molecule has 1 aromatic heterocycles. The SMILES string of the molecule is CC(C)(C)c1csc(C2CCCCN2C(=O)C2CCOC2)n1. The summed E-state index contributed by atoms with van der Waals surface area (Å²) in [5, 5.41) is 3.27. The highest BCUT2D eigenvalue weighted by Gasteiger charge is 2.35. The number of hydrogen-bond donors (Lipinski definition) is 0. The number of thiazole rings is 1. The van der Waals surface area contributed by atoms with Gasteiger partial charge in [0.15, 0.2) is 0 Å². The van der Waals surface area contributed by atoms with Crippen LogP contribution in [0.5, 0.6) is 0 Å². The number of aromatic nitrogens is 1. The summed E-state index contributed by atoms with van der Waals surface area (Å²) >= 11 is 1.71. The molecule has 0 radical (unpaired) electrons. The van der Waals surface area contributed by atoms with Crippen molar-refractivity contribution in [2.24, 2.45) is 5.92 Å². The van der Waals surface area contributed by atoms with Crippen molar-refractivity contribution in [1.29, 1.82) is 0 Å². The molecule has 3 heterocycles. The Hall–Kier alpha value is -0.940. The van der Waals surface area contributed by atoms with Crippen molar-refractivity contribution in [3.8, 4) is 0 Å². The minimum atomic E-state index is 0.0580. The molecule has 4 nitrogen and oxygen atoms in total. The molecule has 0 aliphatic carbocycles. The molecule has 3 rings (SSSR count). The lowest BCUT2D eigenvalue weighted by molar-refractivity contribution is -0.139. The molecule has 0 N–H and O–H groups in total. The second kappa shape index (κ2) is 6.28. The normalized spacial score (nSPS) is 26.4. The summed E-state index contributed by atoms with van der Waals surface area (Å²) in [5.41, 5.74) is 1.20. The predicted octanol–water partition coefficient (Wildman–Crippen LogP) is 3.53. The minimum absolute atomic E-state index is 0.0580. The monoisotopic (exact) mass is 322 g/mol. The standard InChI is InChI=1S/C17H26N2O2S/c1-17(2,3)14-11-22-15(18-14)13-6-4-5-8-19(13)16(20)12-7-9-21-10-12/h11-13H,4-10H2,1-3H3. The van der Waals surface area contributed by atoms with E-state index in [9.17, 15) is 4.79 Å². The molecule has 2 fully saturated rings. The zero-order valence-corrected chi connectivity index (χ0v) is 14.6. The molecule has 0 spiro atoms. The lowest BCUT2D eigenvalue weighted by Gasteiger charge is -2.36. The van der Waals surface area contributed by atoms with Crippen molar-refractivity contribution in [3.05, 3.63) is 16.1 Å². The molecule has 5 heteroatoms. The molecule has 122 valence electrons. The molecule has 1 aromatic rings. The van der Waals surface area contributed by atoms with Crippen LogP contribution in [0.3, 0.4) is 0 Å². The van der Waals surface area contributed by atoms with Crippen LogP contribution in [0.15, 0.2) is 5.38 Å². The minimum Gasteiger partial charge on any atom is -0.381 e. The van der Waals surface area contributed by atoms with Gasteiger partial charge in [0.1, 0.15) is 5.01 Å². The highest BCUT2D eigenvalue weighted by molar-refractivity contribution is 7.09. The molecular formula is C17H26N2O2S. The molecule has 0 aromatic carbocycles. The largest absolute Gasteiger partial charge is 0.381 e. The first-order chi connectivity index (χ1) is 10.5. The van der Waals surface area contributed by atoms with Crippen LogP contribution in [0.25, 0.3) is 0 Å². The van der Waals surface area contributed by atoms with Crippen LogP contribution in [-0.4, -0.2) is 35.5 Å².